The number of nitrogens with two attached hydrogens (primary N) is 1. The van der Waals surface area contributed by atoms with Crippen LogP contribution in [0.4, 0.5) is 0 Å². The second-order valence-electron chi connectivity index (χ2n) is 7.72. The van der Waals surface area contributed by atoms with E-state index in [2.05, 4.69) is 32.6 Å². The van der Waals surface area contributed by atoms with E-state index in [9.17, 15) is 0 Å². The lowest BCUT2D eigenvalue weighted by molar-refractivity contribution is -0.108. The van der Waals surface area contributed by atoms with E-state index >= 15 is 0 Å². The summed E-state index contributed by atoms with van der Waals surface area (Å²) in [5.74, 6) is 1.01. The fourth-order valence-corrected chi connectivity index (χ4v) is 4.21. The molecule has 2 N–H and O–H groups in total. The molecule has 1 aliphatic heterocycles. The van der Waals surface area contributed by atoms with Crippen LogP contribution in [0.1, 0.15) is 52.7 Å². The minimum atomic E-state index is -0.263. The zero-order chi connectivity index (χ0) is 15.3. The molecular weight excluding hydrogens is 264 g/mol. The number of nitrogens with zero attached hydrogens (tertiary/aromatic N) is 1. The molecule has 0 amide bonds. The molecule has 2 heterocycles. The van der Waals surface area contributed by atoms with Gasteiger partial charge in [-0.1, -0.05) is 0 Å². The molecule has 118 valence electrons. The Kier molecular flexibility index (Phi) is 3.47. The molecule has 0 aromatic carbocycles. The molecule has 0 bridgehead atoms. The highest BCUT2D eigenvalue weighted by molar-refractivity contribution is 5.16. The smallest absolute Gasteiger partial charge is 0.117 e. The Hall–Kier alpha value is -0.840. The molecule has 2 fully saturated rings. The fraction of sp³-hybridized carbons (Fsp3) is 0.765. The van der Waals surface area contributed by atoms with E-state index in [-0.39, 0.29) is 16.7 Å². The number of hydrogen-bond acceptors (Lipinski definition) is 4. The Bertz CT molecular complexity index is 491. The van der Waals surface area contributed by atoms with Crippen molar-refractivity contribution in [3.63, 3.8) is 0 Å². The van der Waals surface area contributed by atoms with E-state index in [1.807, 2.05) is 12.1 Å². The molecule has 1 aliphatic carbocycles. The number of ether oxygens (including phenoxy) is 1. The average Bonchev–Trinajstić information content (AvgIpc) is 3.03. The van der Waals surface area contributed by atoms with Gasteiger partial charge in [0, 0.05) is 12.6 Å². The highest BCUT2D eigenvalue weighted by Gasteiger charge is 2.61. The molecular formula is C17H28N2O2. The molecule has 21 heavy (non-hydrogen) atoms. The van der Waals surface area contributed by atoms with Gasteiger partial charge in [-0.3, -0.25) is 4.90 Å². The molecule has 0 radical (unpaired) electrons. The van der Waals surface area contributed by atoms with Crippen LogP contribution in [0.25, 0.3) is 0 Å². The van der Waals surface area contributed by atoms with Crippen LogP contribution in [0.2, 0.25) is 0 Å². The van der Waals surface area contributed by atoms with Crippen molar-refractivity contribution in [3.05, 3.63) is 24.2 Å². The van der Waals surface area contributed by atoms with Gasteiger partial charge in [0.25, 0.3) is 0 Å². The molecule has 1 saturated carbocycles. The molecule has 3 rings (SSSR count). The van der Waals surface area contributed by atoms with Gasteiger partial charge >= 0.3 is 0 Å². The SMILES string of the molecule is CC1(C)CC(CN)(N(Cc2ccco2)C2CC2)C(C)(C)O1. The lowest BCUT2D eigenvalue weighted by Gasteiger charge is -2.48. The Morgan fingerprint density at radius 1 is 1.29 bits per heavy atom. The molecule has 0 spiro atoms. The summed E-state index contributed by atoms with van der Waals surface area (Å²) in [6, 6.07) is 4.61. The van der Waals surface area contributed by atoms with Crippen LogP contribution >= 0.6 is 0 Å². The van der Waals surface area contributed by atoms with Crippen LogP contribution in [0, 0.1) is 0 Å². The van der Waals surface area contributed by atoms with Gasteiger partial charge in [-0.05, 0) is 59.1 Å². The molecule has 1 aromatic rings. The minimum Gasteiger partial charge on any atom is -0.468 e. The van der Waals surface area contributed by atoms with Crippen LogP contribution in [-0.4, -0.2) is 34.2 Å². The van der Waals surface area contributed by atoms with E-state index < -0.39 is 0 Å². The number of hydrogen-bond donors (Lipinski definition) is 1. The summed E-state index contributed by atoms with van der Waals surface area (Å²) in [7, 11) is 0. The second kappa shape index (κ2) is 4.83. The Morgan fingerprint density at radius 2 is 2.00 bits per heavy atom. The summed E-state index contributed by atoms with van der Waals surface area (Å²) in [5, 5.41) is 0. The Morgan fingerprint density at radius 3 is 2.43 bits per heavy atom. The van der Waals surface area contributed by atoms with Crippen molar-refractivity contribution in [3.8, 4) is 0 Å². The van der Waals surface area contributed by atoms with E-state index in [0.29, 0.717) is 12.6 Å². The fourth-order valence-electron chi connectivity index (χ4n) is 4.21. The maximum absolute atomic E-state index is 6.37. The molecule has 1 atom stereocenters. The molecule has 1 saturated heterocycles. The maximum Gasteiger partial charge on any atom is 0.117 e. The summed E-state index contributed by atoms with van der Waals surface area (Å²) in [4.78, 5) is 2.56. The van der Waals surface area contributed by atoms with Crippen LogP contribution < -0.4 is 5.73 Å². The molecule has 1 unspecified atom stereocenters. The highest BCUT2D eigenvalue weighted by atomic mass is 16.5. The van der Waals surface area contributed by atoms with Crippen molar-refractivity contribution >= 4 is 0 Å². The normalized spacial score (nSPS) is 31.0. The summed E-state index contributed by atoms with van der Waals surface area (Å²) < 4.78 is 12.0. The van der Waals surface area contributed by atoms with Crippen molar-refractivity contribution in [1.82, 2.24) is 4.90 Å². The third-order valence-corrected chi connectivity index (χ3v) is 5.15. The highest BCUT2D eigenvalue weighted by Crippen LogP contribution is 2.51. The maximum atomic E-state index is 6.37. The van der Waals surface area contributed by atoms with E-state index in [0.717, 1.165) is 18.7 Å². The first kappa shape index (κ1) is 15.1. The summed E-state index contributed by atoms with van der Waals surface area (Å²) in [6.45, 7) is 10.1. The number of rotatable bonds is 5. The van der Waals surface area contributed by atoms with Gasteiger partial charge in [-0.25, -0.2) is 0 Å². The largest absolute Gasteiger partial charge is 0.468 e. The van der Waals surface area contributed by atoms with Crippen molar-refractivity contribution < 1.29 is 9.15 Å². The third kappa shape index (κ3) is 2.54. The van der Waals surface area contributed by atoms with Crippen LogP contribution in [0.15, 0.2) is 22.8 Å². The van der Waals surface area contributed by atoms with Crippen molar-refractivity contribution in [2.75, 3.05) is 6.54 Å². The second-order valence-corrected chi connectivity index (χ2v) is 7.72. The first-order valence-electron chi connectivity index (χ1n) is 7.99. The Balaban J connectivity index is 1.95. The lowest BCUT2D eigenvalue weighted by Crippen LogP contribution is -2.63. The minimum absolute atomic E-state index is 0.134. The predicted octanol–water partition coefficient (Wildman–Crippen LogP) is 2.92. The van der Waals surface area contributed by atoms with E-state index in [4.69, 9.17) is 14.9 Å². The molecule has 1 aromatic heterocycles. The topological polar surface area (TPSA) is 51.6 Å². The quantitative estimate of drug-likeness (QED) is 0.906. The summed E-state index contributed by atoms with van der Waals surface area (Å²) >= 11 is 0. The molecule has 2 aliphatic rings. The van der Waals surface area contributed by atoms with Gasteiger partial charge in [0.1, 0.15) is 5.76 Å². The van der Waals surface area contributed by atoms with Gasteiger partial charge in [0.2, 0.25) is 0 Å². The van der Waals surface area contributed by atoms with Crippen LogP contribution in [-0.2, 0) is 11.3 Å². The molecule has 4 heteroatoms. The summed E-state index contributed by atoms with van der Waals surface area (Å²) in [5.41, 5.74) is 5.77. The number of furan rings is 1. The van der Waals surface area contributed by atoms with Gasteiger partial charge in [-0.15, -0.1) is 0 Å². The lowest BCUT2D eigenvalue weighted by atomic mass is 9.77. The van der Waals surface area contributed by atoms with Crippen molar-refractivity contribution in [1.29, 1.82) is 0 Å². The molecule has 4 nitrogen and oxygen atoms in total. The van der Waals surface area contributed by atoms with Gasteiger partial charge in [0.05, 0.1) is 29.5 Å². The van der Waals surface area contributed by atoms with E-state index in [1.165, 1.54) is 12.8 Å². The first-order valence-corrected chi connectivity index (χ1v) is 7.99. The van der Waals surface area contributed by atoms with Crippen molar-refractivity contribution in [2.24, 2.45) is 5.73 Å². The summed E-state index contributed by atoms with van der Waals surface area (Å²) in [6.07, 6.45) is 5.20. The van der Waals surface area contributed by atoms with Gasteiger partial charge in [-0.2, -0.15) is 0 Å². The average molecular weight is 292 g/mol. The zero-order valence-corrected chi connectivity index (χ0v) is 13.7. The van der Waals surface area contributed by atoms with Gasteiger partial charge < -0.3 is 14.9 Å². The zero-order valence-electron chi connectivity index (χ0n) is 13.7. The standard InChI is InChI=1S/C17H28N2O2/c1-15(2)11-17(12-18,16(3,4)21-15)19(13-7-8-13)10-14-6-5-9-20-14/h5-6,9,13H,7-8,10-12,18H2,1-4H3. The van der Waals surface area contributed by atoms with Gasteiger partial charge in [0.15, 0.2) is 0 Å². The first-order chi connectivity index (χ1) is 9.80. The van der Waals surface area contributed by atoms with Crippen LogP contribution in [0.3, 0.4) is 0 Å². The predicted molar refractivity (Wildman–Crippen MR) is 82.9 cm³/mol. The third-order valence-electron chi connectivity index (χ3n) is 5.15. The Labute approximate surface area is 127 Å². The van der Waals surface area contributed by atoms with E-state index in [1.54, 1.807) is 6.26 Å². The van der Waals surface area contributed by atoms with Crippen LogP contribution in [0.5, 0.6) is 0 Å². The van der Waals surface area contributed by atoms with Crippen molar-refractivity contribution in [2.45, 2.75) is 76.3 Å². The monoisotopic (exact) mass is 292 g/mol.